The second kappa shape index (κ2) is 5.33. The van der Waals surface area contributed by atoms with Gasteiger partial charge in [0.15, 0.2) is 0 Å². The van der Waals surface area contributed by atoms with E-state index in [1.54, 1.807) is 6.07 Å². The fourth-order valence-electron chi connectivity index (χ4n) is 1.32. The van der Waals surface area contributed by atoms with E-state index in [-0.39, 0.29) is 11.1 Å². The Labute approximate surface area is 97.0 Å². The molecule has 5 heteroatoms. The zero-order chi connectivity index (χ0) is 13.1. The molecule has 0 amide bonds. The van der Waals surface area contributed by atoms with Crippen LogP contribution in [-0.4, -0.2) is 28.8 Å². The molecule has 0 saturated carbocycles. The summed E-state index contributed by atoms with van der Waals surface area (Å²) in [5.74, 6) is -4.19. The van der Waals surface area contributed by atoms with Crippen molar-refractivity contribution in [2.45, 2.75) is 19.0 Å². The Hall–Kier alpha value is -1.33. The molecule has 1 rings (SSSR count). The van der Waals surface area contributed by atoms with Crippen LogP contribution in [0.2, 0.25) is 0 Å². The van der Waals surface area contributed by atoms with E-state index < -0.39 is 24.5 Å². The van der Waals surface area contributed by atoms with Crippen LogP contribution < -0.4 is 0 Å². The number of aliphatic hydroxyl groups is 2. The molecule has 1 atom stereocenters. The molecule has 1 aromatic rings. The summed E-state index contributed by atoms with van der Waals surface area (Å²) in [4.78, 5) is 0. The maximum absolute atomic E-state index is 13.3. The van der Waals surface area contributed by atoms with Crippen molar-refractivity contribution in [3.8, 4) is 0 Å². The second-order valence-electron chi connectivity index (χ2n) is 3.69. The van der Waals surface area contributed by atoms with Gasteiger partial charge in [0.1, 0.15) is 18.5 Å². The topological polar surface area (TPSA) is 40.5 Å². The van der Waals surface area contributed by atoms with Crippen LogP contribution in [0.4, 0.5) is 13.2 Å². The smallest absolute Gasteiger partial charge is 0.299 e. The highest BCUT2D eigenvalue weighted by atomic mass is 19.3. The average molecular weight is 246 g/mol. The highest BCUT2D eigenvalue weighted by Gasteiger charge is 2.36. The molecule has 0 heterocycles. The Bertz CT molecular complexity index is 416. The third kappa shape index (κ3) is 3.31. The average Bonchev–Trinajstić information content (AvgIpc) is 2.29. The predicted octanol–water partition coefficient (Wildman–Crippen LogP) is 2.22. The lowest BCUT2D eigenvalue weighted by Crippen LogP contribution is -2.35. The Morgan fingerprint density at radius 2 is 2.00 bits per heavy atom. The molecule has 0 aliphatic carbocycles. The zero-order valence-corrected chi connectivity index (χ0v) is 9.20. The molecule has 0 spiro atoms. The van der Waals surface area contributed by atoms with E-state index in [0.29, 0.717) is 0 Å². The van der Waals surface area contributed by atoms with Crippen molar-refractivity contribution in [1.29, 1.82) is 0 Å². The number of halogens is 3. The molecule has 0 aliphatic heterocycles. The van der Waals surface area contributed by atoms with Gasteiger partial charge in [0, 0.05) is 5.56 Å². The maximum atomic E-state index is 13.3. The first-order chi connectivity index (χ1) is 7.88. The van der Waals surface area contributed by atoms with Gasteiger partial charge in [-0.25, -0.2) is 13.2 Å². The normalized spacial score (nSPS) is 14.8. The Kier molecular flexibility index (Phi) is 4.31. The van der Waals surface area contributed by atoms with Crippen molar-refractivity contribution in [1.82, 2.24) is 0 Å². The van der Waals surface area contributed by atoms with Gasteiger partial charge in [-0.05, 0) is 24.6 Å². The Balaban J connectivity index is 2.98. The summed E-state index contributed by atoms with van der Waals surface area (Å²) in [6.45, 7) is -0.0513. The Morgan fingerprint density at radius 1 is 1.41 bits per heavy atom. The third-order valence-electron chi connectivity index (χ3n) is 2.35. The van der Waals surface area contributed by atoms with Crippen LogP contribution in [0.15, 0.2) is 30.3 Å². The first kappa shape index (κ1) is 13.7. The fraction of sp³-hybridized carbons (Fsp3) is 0.333. The minimum absolute atomic E-state index is 0.139. The first-order valence-electron chi connectivity index (χ1n) is 4.98. The molecule has 17 heavy (non-hydrogen) atoms. The van der Waals surface area contributed by atoms with Gasteiger partial charge in [-0.1, -0.05) is 18.2 Å². The van der Waals surface area contributed by atoms with E-state index in [2.05, 4.69) is 0 Å². The van der Waals surface area contributed by atoms with Crippen molar-refractivity contribution in [3.63, 3.8) is 0 Å². The maximum Gasteiger partial charge on any atom is 0.299 e. The van der Waals surface area contributed by atoms with E-state index >= 15 is 0 Å². The SMILES string of the molecule is CC(=CC(O)C(F)(F)CO)c1ccccc1F. The molecule has 0 aromatic heterocycles. The summed E-state index contributed by atoms with van der Waals surface area (Å²) >= 11 is 0. The largest absolute Gasteiger partial charge is 0.390 e. The molecule has 0 aliphatic rings. The van der Waals surface area contributed by atoms with Gasteiger partial charge in [-0.3, -0.25) is 0 Å². The summed E-state index contributed by atoms with van der Waals surface area (Å²) < 4.78 is 39.1. The van der Waals surface area contributed by atoms with Crippen molar-refractivity contribution in [2.75, 3.05) is 6.61 Å². The van der Waals surface area contributed by atoms with Crippen LogP contribution in [0.3, 0.4) is 0 Å². The number of benzene rings is 1. The molecule has 1 aromatic carbocycles. The minimum atomic E-state index is -3.63. The van der Waals surface area contributed by atoms with Crippen LogP contribution >= 0.6 is 0 Å². The first-order valence-corrected chi connectivity index (χ1v) is 4.98. The summed E-state index contributed by atoms with van der Waals surface area (Å²) in [5.41, 5.74) is 0.323. The lowest BCUT2D eigenvalue weighted by atomic mass is 10.0. The molecular weight excluding hydrogens is 233 g/mol. The van der Waals surface area contributed by atoms with Crippen LogP contribution in [0, 0.1) is 5.82 Å². The van der Waals surface area contributed by atoms with Crippen molar-refractivity contribution < 1.29 is 23.4 Å². The van der Waals surface area contributed by atoms with Crippen LogP contribution in [0.1, 0.15) is 12.5 Å². The van der Waals surface area contributed by atoms with Gasteiger partial charge < -0.3 is 10.2 Å². The van der Waals surface area contributed by atoms with E-state index in [0.717, 1.165) is 6.08 Å². The van der Waals surface area contributed by atoms with Gasteiger partial charge >= 0.3 is 0 Å². The predicted molar refractivity (Wildman–Crippen MR) is 58.1 cm³/mol. The molecule has 2 N–H and O–H groups in total. The minimum Gasteiger partial charge on any atom is -0.390 e. The second-order valence-corrected chi connectivity index (χ2v) is 3.69. The molecule has 0 radical (unpaired) electrons. The van der Waals surface area contributed by atoms with Crippen molar-refractivity contribution in [3.05, 3.63) is 41.7 Å². The molecule has 94 valence electrons. The third-order valence-corrected chi connectivity index (χ3v) is 2.35. The van der Waals surface area contributed by atoms with Crippen molar-refractivity contribution in [2.24, 2.45) is 0 Å². The lowest BCUT2D eigenvalue weighted by Gasteiger charge is -2.18. The summed E-state index contributed by atoms with van der Waals surface area (Å²) in [6, 6.07) is 5.66. The van der Waals surface area contributed by atoms with Crippen LogP contribution in [0.5, 0.6) is 0 Å². The van der Waals surface area contributed by atoms with Gasteiger partial charge in [0.25, 0.3) is 5.92 Å². The number of rotatable bonds is 4. The van der Waals surface area contributed by atoms with Crippen LogP contribution in [0.25, 0.3) is 5.57 Å². The Morgan fingerprint density at radius 3 is 2.53 bits per heavy atom. The number of hydrogen-bond donors (Lipinski definition) is 2. The van der Waals surface area contributed by atoms with E-state index in [1.165, 1.54) is 25.1 Å². The van der Waals surface area contributed by atoms with Gasteiger partial charge in [0.05, 0.1) is 0 Å². The van der Waals surface area contributed by atoms with Crippen LogP contribution in [-0.2, 0) is 0 Å². The molecule has 1 unspecified atom stereocenters. The van der Waals surface area contributed by atoms with E-state index in [9.17, 15) is 18.3 Å². The number of allylic oxidation sites excluding steroid dienone is 1. The van der Waals surface area contributed by atoms with Crippen molar-refractivity contribution >= 4 is 5.57 Å². The number of hydrogen-bond acceptors (Lipinski definition) is 2. The highest BCUT2D eigenvalue weighted by Crippen LogP contribution is 2.23. The zero-order valence-electron chi connectivity index (χ0n) is 9.20. The number of aliphatic hydroxyl groups excluding tert-OH is 2. The number of alkyl halides is 2. The van der Waals surface area contributed by atoms with Gasteiger partial charge in [0.2, 0.25) is 0 Å². The summed E-state index contributed by atoms with van der Waals surface area (Å²) in [6.07, 6.45) is -1.32. The molecular formula is C12H13F3O2. The summed E-state index contributed by atoms with van der Waals surface area (Å²) in [5, 5.41) is 17.6. The lowest BCUT2D eigenvalue weighted by molar-refractivity contribution is -0.117. The van der Waals surface area contributed by atoms with E-state index in [1.807, 2.05) is 0 Å². The molecule has 0 fully saturated rings. The monoisotopic (exact) mass is 246 g/mol. The van der Waals surface area contributed by atoms with Gasteiger partial charge in [-0.15, -0.1) is 0 Å². The quantitative estimate of drug-likeness (QED) is 0.855. The summed E-state index contributed by atoms with van der Waals surface area (Å²) in [7, 11) is 0. The molecule has 2 nitrogen and oxygen atoms in total. The molecule has 0 bridgehead atoms. The molecule has 0 saturated heterocycles. The standard InChI is InChI=1S/C12H13F3O2/c1-8(6-11(17)12(14,15)7-16)9-4-2-3-5-10(9)13/h2-6,11,16-17H,7H2,1H3. The van der Waals surface area contributed by atoms with E-state index in [4.69, 9.17) is 5.11 Å². The van der Waals surface area contributed by atoms with Gasteiger partial charge in [-0.2, -0.15) is 0 Å². The highest BCUT2D eigenvalue weighted by molar-refractivity contribution is 5.64. The fourth-order valence-corrected chi connectivity index (χ4v) is 1.32.